The number of primary amides is 1. The van der Waals surface area contributed by atoms with Crippen LogP contribution in [0.4, 0.5) is 0 Å². The van der Waals surface area contributed by atoms with Gasteiger partial charge in [-0.2, -0.15) is 0 Å². The second-order valence-electron chi connectivity index (χ2n) is 7.44. The normalized spacial score (nSPS) is 16.1. The Hall–Kier alpha value is -2.69. The Morgan fingerprint density at radius 3 is 1.86 bits per heavy atom. The van der Waals surface area contributed by atoms with Crippen molar-refractivity contribution in [3.8, 4) is 0 Å². The van der Waals surface area contributed by atoms with Crippen molar-refractivity contribution in [1.82, 2.24) is 16.0 Å². The number of hydrogen-bond donors (Lipinski definition) is 6. The molecule has 29 heavy (non-hydrogen) atoms. The van der Waals surface area contributed by atoms with Gasteiger partial charge in [0.15, 0.2) is 0 Å². The SMILES string of the molecule is CCC(C)C(N)C(=O)NC(C(=O)NC(C)C(=O)NC(CC(N)=O)C(=O)O)C(C)C. The fourth-order valence-corrected chi connectivity index (χ4v) is 2.36. The summed E-state index contributed by atoms with van der Waals surface area (Å²) in [4.78, 5) is 59.1. The van der Waals surface area contributed by atoms with E-state index in [1.807, 2.05) is 13.8 Å². The van der Waals surface area contributed by atoms with E-state index in [0.29, 0.717) is 6.42 Å². The molecule has 0 aliphatic heterocycles. The summed E-state index contributed by atoms with van der Waals surface area (Å²) < 4.78 is 0. The molecule has 0 aromatic heterocycles. The van der Waals surface area contributed by atoms with Crippen molar-refractivity contribution in [2.45, 2.75) is 71.6 Å². The maximum Gasteiger partial charge on any atom is 0.326 e. The summed E-state index contributed by atoms with van der Waals surface area (Å²) in [7, 11) is 0. The minimum atomic E-state index is -1.51. The quantitative estimate of drug-likeness (QED) is 0.222. The lowest BCUT2D eigenvalue weighted by Gasteiger charge is -2.26. The first-order chi connectivity index (χ1) is 13.3. The van der Waals surface area contributed by atoms with E-state index in [9.17, 15) is 24.0 Å². The van der Waals surface area contributed by atoms with E-state index in [1.165, 1.54) is 6.92 Å². The number of hydrogen-bond acceptors (Lipinski definition) is 6. The maximum absolute atomic E-state index is 12.6. The van der Waals surface area contributed by atoms with Gasteiger partial charge in [-0.1, -0.05) is 34.1 Å². The van der Waals surface area contributed by atoms with Crippen molar-refractivity contribution in [1.29, 1.82) is 0 Å². The van der Waals surface area contributed by atoms with Gasteiger partial charge in [0.05, 0.1) is 12.5 Å². The molecule has 8 N–H and O–H groups in total. The highest BCUT2D eigenvalue weighted by Gasteiger charge is 2.31. The summed E-state index contributed by atoms with van der Waals surface area (Å²) in [6.45, 7) is 8.51. The maximum atomic E-state index is 12.6. The van der Waals surface area contributed by atoms with Gasteiger partial charge >= 0.3 is 5.97 Å². The van der Waals surface area contributed by atoms with E-state index in [1.54, 1.807) is 13.8 Å². The Balaban J connectivity index is 5.04. The van der Waals surface area contributed by atoms with E-state index in [0.717, 1.165) is 0 Å². The van der Waals surface area contributed by atoms with Gasteiger partial charge < -0.3 is 32.5 Å². The van der Waals surface area contributed by atoms with Crippen LogP contribution in [-0.2, 0) is 24.0 Å². The molecule has 0 spiro atoms. The number of nitrogens with two attached hydrogens (primary N) is 2. The van der Waals surface area contributed by atoms with Crippen molar-refractivity contribution in [3.05, 3.63) is 0 Å². The molecule has 166 valence electrons. The molecule has 11 nitrogen and oxygen atoms in total. The molecule has 0 saturated heterocycles. The van der Waals surface area contributed by atoms with Crippen LogP contribution in [0.3, 0.4) is 0 Å². The highest BCUT2D eigenvalue weighted by molar-refractivity contribution is 5.94. The number of carboxylic acids is 1. The molecule has 0 aromatic carbocycles. The summed E-state index contributed by atoms with van der Waals surface area (Å²) in [6, 6.07) is -4.33. The zero-order valence-electron chi connectivity index (χ0n) is 17.5. The standard InChI is InChI=1S/C18H33N5O6/c1-6-9(4)13(20)16(26)23-14(8(2)3)17(27)21-10(5)15(25)22-11(18(28)29)7-12(19)24/h8-11,13-14H,6-7,20H2,1-5H3,(H2,19,24)(H,21,27)(H,22,25)(H,23,26)(H,28,29). The lowest BCUT2D eigenvalue weighted by atomic mass is 9.97. The first kappa shape index (κ1) is 26.3. The van der Waals surface area contributed by atoms with Crippen LogP contribution in [0, 0.1) is 11.8 Å². The second-order valence-corrected chi connectivity index (χ2v) is 7.44. The van der Waals surface area contributed by atoms with Crippen LogP contribution < -0.4 is 27.4 Å². The van der Waals surface area contributed by atoms with Crippen LogP contribution >= 0.6 is 0 Å². The van der Waals surface area contributed by atoms with Crippen LogP contribution in [0.25, 0.3) is 0 Å². The Labute approximate surface area is 170 Å². The molecule has 0 aliphatic rings. The van der Waals surface area contributed by atoms with Gasteiger partial charge in [0.1, 0.15) is 18.1 Å². The molecular formula is C18H33N5O6. The number of nitrogens with one attached hydrogen (secondary N) is 3. The van der Waals surface area contributed by atoms with Crippen LogP contribution in [0.5, 0.6) is 0 Å². The molecule has 0 aromatic rings. The summed E-state index contributed by atoms with van der Waals surface area (Å²) in [6.07, 6.45) is 0.111. The fourth-order valence-electron chi connectivity index (χ4n) is 2.36. The predicted molar refractivity (Wildman–Crippen MR) is 105 cm³/mol. The molecule has 5 unspecified atom stereocenters. The van der Waals surface area contributed by atoms with Gasteiger partial charge in [0, 0.05) is 0 Å². The second kappa shape index (κ2) is 12.0. The van der Waals surface area contributed by atoms with Crippen molar-refractivity contribution < 1.29 is 29.1 Å². The Bertz CT molecular complexity index is 624. The number of carbonyl (C=O) groups excluding carboxylic acids is 4. The van der Waals surface area contributed by atoms with Gasteiger partial charge in [-0.25, -0.2) is 4.79 Å². The van der Waals surface area contributed by atoms with Gasteiger partial charge in [0.25, 0.3) is 0 Å². The third-order valence-corrected chi connectivity index (χ3v) is 4.58. The van der Waals surface area contributed by atoms with Crippen molar-refractivity contribution in [2.24, 2.45) is 23.3 Å². The van der Waals surface area contributed by atoms with Crippen LogP contribution in [0.1, 0.15) is 47.5 Å². The van der Waals surface area contributed by atoms with E-state index in [4.69, 9.17) is 16.6 Å². The molecule has 0 radical (unpaired) electrons. The van der Waals surface area contributed by atoms with E-state index in [2.05, 4.69) is 16.0 Å². The average Bonchev–Trinajstić information content (AvgIpc) is 2.62. The Morgan fingerprint density at radius 1 is 0.897 bits per heavy atom. The topological polar surface area (TPSA) is 194 Å². The van der Waals surface area contributed by atoms with Gasteiger partial charge in [0.2, 0.25) is 23.6 Å². The summed E-state index contributed by atoms with van der Waals surface area (Å²) in [5.74, 6) is -4.59. The highest BCUT2D eigenvalue weighted by Crippen LogP contribution is 2.08. The first-order valence-corrected chi connectivity index (χ1v) is 9.49. The van der Waals surface area contributed by atoms with Crippen LogP contribution in [0.15, 0.2) is 0 Å². The van der Waals surface area contributed by atoms with Gasteiger partial charge in [-0.05, 0) is 18.8 Å². The van der Waals surface area contributed by atoms with Crippen molar-refractivity contribution in [2.75, 3.05) is 0 Å². The highest BCUT2D eigenvalue weighted by atomic mass is 16.4. The van der Waals surface area contributed by atoms with Gasteiger partial charge in [-0.15, -0.1) is 0 Å². The molecule has 4 amide bonds. The number of carboxylic acid groups (broad SMARTS) is 1. The molecule has 0 saturated carbocycles. The third-order valence-electron chi connectivity index (χ3n) is 4.58. The molecule has 0 rings (SSSR count). The molecule has 0 bridgehead atoms. The summed E-state index contributed by atoms with van der Waals surface area (Å²) >= 11 is 0. The molecule has 0 aliphatic carbocycles. The molecular weight excluding hydrogens is 382 g/mol. The first-order valence-electron chi connectivity index (χ1n) is 9.49. The third kappa shape index (κ3) is 8.90. The minimum Gasteiger partial charge on any atom is -0.480 e. The predicted octanol–water partition coefficient (Wildman–Crippen LogP) is -1.55. The number of rotatable bonds is 12. The summed E-state index contributed by atoms with van der Waals surface area (Å²) in [5, 5.41) is 16.2. The minimum absolute atomic E-state index is 0.0752. The largest absolute Gasteiger partial charge is 0.480 e. The lowest BCUT2D eigenvalue weighted by Crippen LogP contribution is -2.58. The molecule has 0 heterocycles. The molecule has 11 heteroatoms. The Morgan fingerprint density at radius 2 is 1.45 bits per heavy atom. The lowest BCUT2D eigenvalue weighted by molar-refractivity contribution is -0.143. The molecule has 0 fully saturated rings. The Kier molecular flexibility index (Phi) is 10.9. The number of amides is 4. The smallest absolute Gasteiger partial charge is 0.326 e. The monoisotopic (exact) mass is 415 g/mol. The zero-order chi connectivity index (χ0) is 22.9. The van der Waals surface area contributed by atoms with E-state index in [-0.39, 0.29) is 11.8 Å². The van der Waals surface area contributed by atoms with E-state index >= 15 is 0 Å². The molecule has 5 atom stereocenters. The van der Waals surface area contributed by atoms with Crippen LogP contribution in [0.2, 0.25) is 0 Å². The average molecular weight is 415 g/mol. The van der Waals surface area contributed by atoms with Crippen LogP contribution in [-0.4, -0.2) is 58.9 Å². The van der Waals surface area contributed by atoms with E-state index < -0.39 is 60.2 Å². The van der Waals surface area contributed by atoms with Crippen molar-refractivity contribution >= 4 is 29.6 Å². The zero-order valence-corrected chi connectivity index (χ0v) is 17.5. The fraction of sp³-hybridized carbons (Fsp3) is 0.722. The van der Waals surface area contributed by atoms with Crippen molar-refractivity contribution in [3.63, 3.8) is 0 Å². The number of carbonyl (C=O) groups is 5. The summed E-state index contributed by atoms with van der Waals surface area (Å²) in [5.41, 5.74) is 10.9. The number of aliphatic carboxylic acids is 1. The van der Waals surface area contributed by atoms with Gasteiger partial charge in [-0.3, -0.25) is 19.2 Å².